The highest BCUT2D eigenvalue weighted by molar-refractivity contribution is 5.89. The Labute approximate surface area is 195 Å². The number of hydrogen-bond acceptors (Lipinski definition) is 5. The number of carbonyl (C=O) groups is 3. The standard InChI is InChI=1S/C25H34N4O4/c1-25(2,3)33-24(32)28-15-7-10-20(26)23(31)29-21(22(27)30)16-17-11-13-19(14-12-17)18-8-5-4-6-9-18/h4-6,8-9,11-14,20-21H,7,10,15-16,26H2,1-3H3,(H2,27,30)(H,28,32)(H,29,31)/t20-,21-/m0/s1. The summed E-state index contributed by atoms with van der Waals surface area (Å²) in [6.45, 7) is 5.65. The van der Waals surface area contributed by atoms with Gasteiger partial charge in [-0.1, -0.05) is 54.6 Å². The van der Waals surface area contributed by atoms with E-state index in [1.165, 1.54) is 0 Å². The summed E-state index contributed by atoms with van der Waals surface area (Å²) >= 11 is 0. The van der Waals surface area contributed by atoms with Crippen LogP contribution in [0.25, 0.3) is 11.1 Å². The van der Waals surface area contributed by atoms with Gasteiger partial charge in [-0.2, -0.15) is 0 Å². The molecular weight excluding hydrogens is 420 g/mol. The maximum Gasteiger partial charge on any atom is 0.407 e. The van der Waals surface area contributed by atoms with Gasteiger partial charge in [0.15, 0.2) is 0 Å². The van der Waals surface area contributed by atoms with Gasteiger partial charge in [0.05, 0.1) is 6.04 Å². The summed E-state index contributed by atoms with van der Waals surface area (Å²) in [5, 5.41) is 5.26. The first kappa shape index (κ1) is 25.9. The lowest BCUT2D eigenvalue weighted by atomic mass is 10.00. The number of benzene rings is 2. The van der Waals surface area contributed by atoms with E-state index in [-0.39, 0.29) is 6.42 Å². The Kier molecular flexibility index (Phi) is 9.42. The molecule has 3 amide bonds. The second kappa shape index (κ2) is 12.0. The molecule has 8 heteroatoms. The van der Waals surface area contributed by atoms with Crippen molar-refractivity contribution in [2.24, 2.45) is 11.5 Å². The van der Waals surface area contributed by atoms with Crippen molar-refractivity contribution >= 4 is 17.9 Å². The number of primary amides is 1. The smallest absolute Gasteiger partial charge is 0.407 e. The lowest BCUT2D eigenvalue weighted by Crippen LogP contribution is -2.51. The van der Waals surface area contributed by atoms with E-state index in [9.17, 15) is 14.4 Å². The Balaban J connectivity index is 1.83. The summed E-state index contributed by atoms with van der Waals surface area (Å²) < 4.78 is 5.15. The number of nitrogens with one attached hydrogen (secondary N) is 2. The van der Waals surface area contributed by atoms with E-state index in [0.29, 0.717) is 19.4 Å². The lowest BCUT2D eigenvalue weighted by molar-refractivity contribution is -0.128. The Morgan fingerprint density at radius 1 is 0.970 bits per heavy atom. The molecule has 2 aromatic rings. The molecule has 0 bridgehead atoms. The molecule has 2 aromatic carbocycles. The topological polar surface area (TPSA) is 137 Å². The third-order valence-electron chi connectivity index (χ3n) is 4.86. The minimum atomic E-state index is -0.869. The predicted molar refractivity (Wildman–Crippen MR) is 128 cm³/mol. The molecule has 0 aromatic heterocycles. The van der Waals surface area contributed by atoms with Crippen molar-refractivity contribution in [1.29, 1.82) is 0 Å². The number of nitrogens with two attached hydrogens (primary N) is 2. The molecule has 0 aliphatic rings. The quantitative estimate of drug-likeness (QED) is 0.409. The first-order chi connectivity index (χ1) is 15.5. The summed E-state index contributed by atoms with van der Waals surface area (Å²) in [6.07, 6.45) is 0.561. The lowest BCUT2D eigenvalue weighted by Gasteiger charge is -2.20. The fraction of sp³-hybridized carbons (Fsp3) is 0.400. The molecule has 0 unspecified atom stereocenters. The Morgan fingerprint density at radius 2 is 1.58 bits per heavy atom. The Morgan fingerprint density at radius 3 is 2.15 bits per heavy atom. The minimum Gasteiger partial charge on any atom is -0.444 e. The van der Waals surface area contributed by atoms with Crippen molar-refractivity contribution in [3.05, 3.63) is 60.2 Å². The number of alkyl carbamates (subject to hydrolysis) is 1. The van der Waals surface area contributed by atoms with Gasteiger partial charge in [0.25, 0.3) is 0 Å². The van der Waals surface area contributed by atoms with E-state index in [1.54, 1.807) is 20.8 Å². The zero-order valence-electron chi connectivity index (χ0n) is 19.5. The zero-order chi connectivity index (χ0) is 24.4. The van der Waals surface area contributed by atoms with Crippen LogP contribution in [-0.2, 0) is 20.7 Å². The highest BCUT2D eigenvalue weighted by Crippen LogP contribution is 2.19. The number of amides is 3. The van der Waals surface area contributed by atoms with Crippen LogP contribution in [0.1, 0.15) is 39.2 Å². The molecule has 0 saturated carbocycles. The van der Waals surface area contributed by atoms with Crippen molar-refractivity contribution < 1.29 is 19.1 Å². The molecule has 0 spiro atoms. The third-order valence-corrected chi connectivity index (χ3v) is 4.86. The number of ether oxygens (including phenoxy) is 1. The normalized spacial score (nSPS) is 13.0. The summed E-state index contributed by atoms with van der Waals surface area (Å²) in [5.41, 5.74) is 13.9. The van der Waals surface area contributed by atoms with Crippen LogP contribution in [0.4, 0.5) is 4.79 Å². The van der Waals surface area contributed by atoms with Gasteiger partial charge in [0.2, 0.25) is 11.8 Å². The largest absolute Gasteiger partial charge is 0.444 e. The summed E-state index contributed by atoms with van der Waals surface area (Å²) in [4.78, 5) is 36.0. The van der Waals surface area contributed by atoms with Gasteiger partial charge >= 0.3 is 6.09 Å². The van der Waals surface area contributed by atoms with Crippen LogP contribution in [0.15, 0.2) is 54.6 Å². The van der Waals surface area contributed by atoms with Gasteiger partial charge in [0, 0.05) is 13.0 Å². The van der Waals surface area contributed by atoms with Crippen LogP contribution >= 0.6 is 0 Å². The predicted octanol–water partition coefficient (Wildman–Crippen LogP) is 2.50. The molecule has 0 heterocycles. The van der Waals surface area contributed by atoms with Crippen molar-refractivity contribution in [2.75, 3.05) is 6.54 Å². The van der Waals surface area contributed by atoms with Crippen molar-refractivity contribution in [3.8, 4) is 11.1 Å². The second-order valence-corrected chi connectivity index (χ2v) is 8.91. The number of hydrogen-bond donors (Lipinski definition) is 4. The maximum atomic E-state index is 12.4. The molecule has 33 heavy (non-hydrogen) atoms. The van der Waals surface area contributed by atoms with Gasteiger partial charge in [-0.05, 0) is 50.3 Å². The summed E-state index contributed by atoms with van der Waals surface area (Å²) in [7, 11) is 0. The van der Waals surface area contributed by atoms with Gasteiger partial charge in [0.1, 0.15) is 11.6 Å². The summed E-state index contributed by atoms with van der Waals surface area (Å²) in [6, 6.07) is 16.0. The van der Waals surface area contributed by atoms with Crippen LogP contribution in [0.2, 0.25) is 0 Å². The van der Waals surface area contributed by atoms with Gasteiger partial charge in [-0.25, -0.2) is 4.79 Å². The monoisotopic (exact) mass is 454 g/mol. The van der Waals surface area contributed by atoms with Gasteiger partial charge in [-0.15, -0.1) is 0 Å². The molecule has 0 aliphatic heterocycles. The van der Waals surface area contributed by atoms with Crippen molar-refractivity contribution in [1.82, 2.24) is 10.6 Å². The van der Waals surface area contributed by atoms with E-state index < -0.39 is 35.6 Å². The average Bonchev–Trinajstić information content (AvgIpc) is 2.76. The first-order valence-corrected chi connectivity index (χ1v) is 11.0. The van der Waals surface area contributed by atoms with Gasteiger partial charge < -0.3 is 26.8 Å². The molecule has 178 valence electrons. The van der Waals surface area contributed by atoms with E-state index in [0.717, 1.165) is 16.7 Å². The molecule has 2 atom stereocenters. The maximum absolute atomic E-state index is 12.4. The van der Waals surface area contributed by atoms with Crippen molar-refractivity contribution in [2.45, 2.75) is 57.7 Å². The molecule has 6 N–H and O–H groups in total. The van der Waals surface area contributed by atoms with E-state index >= 15 is 0 Å². The molecule has 2 rings (SSSR count). The SMILES string of the molecule is CC(C)(C)OC(=O)NCCC[C@H](N)C(=O)N[C@@H](Cc1ccc(-c2ccccc2)cc1)C(N)=O. The van der Waals surface area contributed by atoms with Crippen LogP contribution in [0.3, 0.4) is 0 Å². The Bertz CT molecular complexity index is 924. The fourth-order valence-electron chi connectivity index (χ4n) is 3.16. The van der Waals surface area contributed by atoms with E-state index in [1.807, 2.05) is 54.6 Å². The van der Waals surface area contributed by atoms with Crippen LogP contribution in [-0.4, -0.2) is 42.1 Å². The number of rotatable bonds is 10. The number of carbonyl (C=O) groups excluding carboxylic acids is 3. The first-order valence-electron chi connectivity index (χ1n) is 11.0. The highest BCUT2D eigenvalue weighted by atomic mass is 16.6. The summed E-state index contributed by atoms with van der Waals surface area (Å²) in [5.74, 6) is -1.09. The van der Waals surface area contributed by atoms with E-state index in [2.05, 4.69) is 10.6 Å². The fourth-order valence-corrected chi connectivity index (χ4v) is 3.16. The van der Waals surface area contributed by atoms with Crippen molar-refractivity contribution in [3.63, 3.8) is 0 Å². The van der Waals surface area contributed by atoms with Gasteiger partial charge in [-0.3, -0.25) is 9.59 Å². The minimum absolute atomic E-state index is 0.267. The highest BCUT2D eigenvalue weighted by Gasteiger charge is 2.22. The van der Waals surface area contributed by atoms with Crippen LogP contribution in [0, 0.1) is 0 Å². The molecule has 8 nitrogen and oxygen atoms in total. The molecule has 0 saturated heterocycles. The zero-order valence-corrected chi connectivity index (χ0v) is 19.5. The Hall–Kier alpha value is -3.39. The van der Waals surface area contributed by atoms with Crippen LogP contribution in [0.5, 0.6) is 0 Å². The average molecular weight is 455 g/mol. The molecule has 0 aliphatic carbocycles. The van der Waals surface area contributed by atoms with E-state index in [4.69, 9.17) is 16.2 Å². The third kappa shape index (κ3) is 9.33. The molecule has 0 fully saturated rings. The van der Waals surface area contributed by atoms with Crippen LogP contribution < -0.4 is 22.1 Å². The molecule has 0 radical (unpaired) electrons. The molecular formula is C25H34N4O4. The second-order valence-electron chi connectivity index (χ2n) is 8.91.